The van der Waals surface area contributed by atoms with Gasteiger partial charge in [-0.15, -0.1) is 0 Å². The molecule has 0 saturated carbocycles. The molecule has 6 aromatic carbocycles. The van der Waals surface area contributed by atoms with E-state index >= 15 is 0 Å². The molecule has 0 radical (unpaired) electrons. The fourth-order valence-electron chi connectivity index (χ4n) is 6.45. The zero-order valence-corrected chi connectivity index (χ0v) is 28.1. The highest BCUT2D eigenvalue weighted by Crippen LogP contribution is 2.41. The van der Waals surface area contributed by atoms with E-state index in [0.29, 0.717) is 17.5 Å². The fraction of sp³-hybridized carbons (Fsp3) is 0.140. The van der Waals surface area contributed by atoms with Crippen molar-refractivity contribution in [1.29, 1.82) is 0 Å². The largest absolute Gasteiger partial charge is 0.494 e. The van der Waals surface area contributed by atoms with Gasteiger partial charge in [0.1, 0.15) is 0 Å². The Hall–Kier alpha value is -5.43. The van der Waals surface area contributed by atoms with Crippen molar-refractivity contribution in [2.24, 2.45) is 0 Å². The maximum atomic E-state index is 6.53. The van der Waals surface area contributed by atoms with Gasteiger partial charge in [0.05, 0.1) is 11.2 Å². The average Bonchev–Trinajstić information content (AvgIpc) is 3.37. The Labute approximate surface area is 287 Å². The number of fused-ring (bicyclic) bond motifs is 1. The van der Waals surface area contributed by atoms with Gasteiger partial charge in [0.25, 0.3) is 0 Å². The van der Waals surface area contributed by atoms with Crippen molar-refractivity contribution >= 4 is 23.4 Å². The highest BCUT2D eigenvalue weighted by atomic mass is 16.7. The Kier molecular flexibility index (Phi) is 7.71. The van der Waals surface area contributed by atoms with Crippen molar-refractivity contribution < 1.29 is 9.31 Å². The van der Waals surface area contributed by atoms with Crippen LogP contribution in [0.1, 0.15) is 27.7 Å². The highest BCUT2D eigenvalue weighted by Gasteiger charge is 2.51. The van der Waals surface area contributed by atoms with E-state index in [1.807, 2.05) is 66.7 Å². The van der Waals surface area contributed by atoms with Crippen molar-refractivity contribution in [2.75, 3.05) is 0 Å². The summed E-state index contributed by atoms with van der Waals surface area (Å²) in [5, 5.41) is 2.35. The maximum absolute atomic E-state index is 6.53. The van der Waals surface area contributed by atoms with Gasteiger partial charge in [-0.1, -0.05) is 146 Å². The molecule has 238 valence electrons. The van der Waals surface area contributed by atoms with Crippen LogP contribution in [0.25, 0.3) is 67.2 Å². The van der Waals surface area contributed by atoms with E-state index in [-0.39, 0.29) is 0 Å². The Morgan fingerprint density at radius 3 is 1.57 bits per heavy atom. The standard InChI is InChI=1S/C43H36BN3O2/c1-42(2)43(3,4)49-44(48-42)32-26-27-36(38(28-32)34-25-15-21-29-16-11-12-22-33(29)34)35-23-13-14-24-37(35)41-46-39(30-17-7-5-8-18-30)45-40(47-41)31-19-9-6-10-20-31/h5-28H,1-4H3. The SMILES string of the molecule is CC1(C)OB(c2ccc(-c3ccccc3-c3nc(-c4ccccc4)nc(-c4ccccc4)n3)c(-c3cccc4ccccc34)c2)OC1(C)C. The number of rotatable bonds is 6. The molecule has 1 saturated heterocycles. The summed E-state index contributed by atoms with van der Waals surface area (Å²) < 4.78 is 13.1. The lowest BCUT2D eigenvalue weighted by atomic mass is 9.76. The van der Waals surface area contributed by atoms with Crippen molar-refractivity contribution in [3.63, 3.8) is 0 Å². The minimum absolute atomic E-state index is 0.450. The molecule has 0 aliphatic carbocycles. The summed E-state index contributed by atoms with van der Waals surface area (Å²) in [4.78, 5) is 15.1. The first-order valence-electron chi connectivity index (χ1n) is 16.7. The average molecular weight is 638 g/mol. The zero-order valence-electron chi connectivity index (χ0n) is 28.1. The maximum Gasteiger partial charge on any atom is 0.494 e. The van der Waals surface area contributed by atoms with E-state index < -0.39 is 18.3 Å². The third-order valence-electron chi connectivity index (χ3n) is 9.81. The summed E-state index contributed by atoms with van der Waals surface area (Å²) in [5.74, 6) is 1.87. The second-order valence-corrected chi connectivity index (χ2v) is 13.5. The zero-order chi connectivity index (χ0) is 33.6. The molecule has 0 atom stereocenters. The molecular formula is C43H36BN3O2. The van der Waals surface area contributed by atoms with E-state index in [1.54, 1.807) is 0 Å². The number of hydrogen-bond acceptors (Lipinski definition) is 5. The summed E-state index contributed by atoms with van der Waals surface area (Å²) in [6.07, 6.45) is 0. The topological polar surface area (TPSA) is 57.1 Å². The smallest absolute Gasteiger partial charge is 0.399 e. The van der Waals surface area contributed by atoms with Crippen molar-refractivity contribution in [3.8, 4) is 56.4 Å². The third kappa shape index (κ3) is 5.73. The van der Waals surface area contributed by atoms with Crippen LogP contribution in [0.5, 0.6) is 0 Å². The summed E-state index contributed by atoms with van der Waals surface area (Å²) in [6, 6.07) is 50.1. The Morgan fingerprint density at radius 2 is 0.918 bits per heavy atom. The second-order valence-electron chi connectivity index (χ2n) is 13.5. The van der Waals surface area contributed by atoms with Crippen molar-refractivity contribution in [1.82, 2.24) is 15.0 Å². The molecule has 1 aliphatic rings. The van der Waals surface area contributed by atoms with Gasteiger partial charge >= 0.3 is 7.12 Å². The number of nitrogens with zero attached hydrogens (tertiary/aromatic N) is 3. The van der Waals surface area contributed by atoms with Crippen molar-refractivity contribution in [3.05, 3.63) is 146 Å². The van der Waals surface area contributed by atoms with Crippen LogP contribution < -0.4 is 5.46 Å². The lowest BCUT2D eigenvalue weighted by Gasteiger charge is -2.32. The molecule has 6 heteroatoms. The molecule has 7 aromatic rings. The third-order valence-corrected chi connectivity index (χ3v) is 9.81. The van der Waals surface area contributed by atoms with E-state index in [1.165, 1.54) is 10.8 Å². The van der Waals surface area contributed by atoms with Gasteiger partial charge in [-0.3, -0.25) is 0 Å². The molecule has 8 rings (SSSR count). The monoisotopic (exact) mass is 637 g/mol. The first-order chi connectivity index (χ1) is 23.8. The fourth-order valence-corrected chi connectivity index (χ4v) is 6.45. The molecule has 0 unspecified atom stereocenters. The molecule has 0 N–H and O–H groups in total. The van der Waals surface area contributed by atoms with E-state index in [4.69, 9.17) is 24.3 Å². The van der Waals surface area contributed by atoms with Crippen molar-refractivity contribution in [2.45, 2.75) is 38.9 Å². The van der Waals surface area contributed by atoms with Gasteiger partial charge < -0.3 is 9.31 Å². The van der Waals surface area contributed by atoms with Gasteiger partial charge in [0, 0.05) is 16.7 Å². The Morgan fingerprint density at radius 1 is 0.429 bits per heavy atom. The molecule has 0 spiro atoms. The van der Waals surface area contributed by atoms with Crippen LogP contribution >= 0.6 is 0 Å². The van der Waals surface area contributed by atoms with E-state index in [9.17, 15) is 0 Å². The van der Waals surface area contributed by atoms with Crippen LogP contribution in [0, 0.1) is 0 Å². The minimum Gasteiger partial charge on any atom is -0.399 e. The number of hydrogen-bond donors (Lipinski definition) is 0. The summed E-state index contributed by atoms with van der Waals surface area (Å²) in [7, 11) is -0.492. The molecular weight excluding hydrogens is 601 g/mol. The molecule has 0 bridgehead atoms. The van der Waals surface area contributed by atoms with Crippen LogP contribution in [0.2, 0.25) is 0 Å². The van der Waals surface area contributed by atoms with Gasteiger partial charge in [0.15, 0.2) is 17.5 Å². The normalized spacial score (nSPS) is 15.1. The van der Waals surface area contributed by atoms with E-state index in [2.05, 4.69) is 107 Å². The molecule has 0 amide bonds. The lowest BCUT2D eigenvalue weighted by molar-refractivity contribution is 0.00578. The predicted octanol–water partition coefficient (Wildman–Crippen LogP) is 9.66. The number of benzene rings is 6. The van der Waals surface area contributed by atoms with E-state index in [0.717, 1.165) is 44.4 Å². The first-order valence-corrected chi connectivity index (χ1v) is 16.7. The summed E-state index contributed by atoms with van der Waals surface area (Å²) in [5.41, 5.74) is 7.16. The first kappa shape index (κ1) is 30.9. The molecule has 1 fully saturated rings. The van der Waals surface area contributed by atoms with Gasteiger partial charge in [-0.25, -0.2) is 15.0 Å². The van der Waals surface area contributed by atoms with Crippen LogP contribution in [0.3, 0.4) is 0 Å². The summed E-state index contributed by atoms with van der Waals surface area (Å²) >= 11 is 0. The van der Waals surface area contributed by atoms with Crippen LogP contribution in [0.4, 0.5) is 0 Å². The molecule has 1 aromatic heterocycles. The summed E-state index contributed by atoms with van der Waals surface area (Å²) in [6.45, 7) is 8.35. The van der Waals surface area contributed by atoms with Crippen LogP contribution in [0.15, 0.2) is 146 Å². The Balaban J connectivity index is 1.35. The highest BCUT2D eigenvalue weighted by molar-refractivity contribution is 6.62. The molecule has 49 heavy (non-hydrogen) atoms. The number of aromatic nitrogens is 3. The molecule has 1 aliphatic heterocycles. The molecule has 2 heterocycles. The van der Waals surface area contributed by atoms with Gasteiger partial charge in [-0.2, -0.15) is 0 Å². The Bertz CT molecular complexity index is 2230. The molecule has 5 nitrogen and oxygen atoms in total. The second kappa shape index (κ2) is 12.2. The lowest BCUT2D eigenvalue weighted by Crippen LogP contribution is -2.41. The van der Waals surface area contributed by atoms with Gasteiger partial charge in [0.2, 0.25) is 0 Å². The quantitative estimate of drug-likeness (QED) is 0.170. The minimum atomic E-state index is -0.492. The van der Waals surface area contributed by atoms with Gasteiger partial charge in [-0.05, 0) is 66.2 Å². The van der Waals surface area contributed by atoms with Crippen LogP contribution in [-0.4, -0.2) is 33.3 Å². The predicted molar refractivity (Wildman–Crippen MR) is 200 cm³/mol. The van der Waals surface area contributed by atoms with Crippen LogP contribution in [-0.2, 0) is 9.31 Å².